The summed E-state index contributed by atoms with van der Waals surface area (Å²) in [6.45, 7) is 6.15. The van der Waals surface area contributed by atoms with Crippen LogP contribution < -0.4 is 21.3 Å². The van der Waals surface area contributed by atoms with Crippen molar-refractivity contribution < 1.29 is 87.9 Å². The highest BCUT2D eigenvalue weighted by atomic mass is 16.6. The van der Waals surface area contributed by atoms with E-state index in [-0.39, 0.29) is 57.5 Å². The largest absolute Gasteiger partial charge is 0.394 e. The van der Waals surface area contributed by atoms with Crippen LogP contribution in [0.1, 0.15) is 45.2 Å². The van der Waals surface area contributed by atoms with E-state index in [0.29, 0.717) is 90.8 Å². The number of aliphatic hydroxyl groups excluding tert-OH is 6. The molecule has 5 amide bonds. The number of hydrogen-bond acceptors (Lipinski definition) is 20. The predicted octanol–water partition coefficient (Wildman–Crippen LogP) is -4.89. The third-order valence-corrected chi connectivity index (χ3v) is 10.1. The van der Waals surface area contributed by atoms with Crippen LogP contribution >= 0.6 is 0 Å². The summed E-state index contributed by atoms with van der Waals surface area (Å²) in [5.74, 6) is -3.27. The highest BCUT2D eigenvalue weighted by molar-refractivity contribution is 5.95. The van der Waals surface area contributed by atoms with E-state index in [0.717, 1.165) is 0 Å². The highest BCUT2D eigenvalue weighted by Gasteiger charge is 2.37. The molecule has 26 nitrogen and oxygen atoms in total. The van der Waals surface area contributed by atoms with E-state index < -0.39 is 85.4 Å². The lowest BCUT2D eigenvalue weighted by molar-refractivity contribution is -0.140. The van der Waals surface area contributed by atoms with Crippen molar-refractivity contribution in [1.82, 2.24) is 36.1 Å². The number of aromatic nitrogens is 2. The van der Waals surface area contributed by atoms with Crippen molar-refractivity contribution in [3.8, 4) is 0 Å². The molecule has 390 valence electrons. The van der Waals surface area contributed by atoms with Gasteiger partial charge in [-0.2, -0.15) is 0 Å². The van der Waals surface area contributed by atoms with Crippen LogP contribution in [0.4, 0.5) is 0 Å². The normalized spacial score (nSPS) is 17.0. The summed E-state index contributed by atoms with van der Waals surface area (Å²) in [5.41, 5.74) is 0.449. The summed E-state index contributed by atoms with van der Waals surface area (Å²) in [6, 6.07) is -4.74. The van der Waals surface area contributed by atoms with Gasteiger partial charge in [0.2, 0.25) is 29.5 Å². The Bertz CT molecular complexity index is 1580. The number of carbonyl (C=O) groups excluding carboxylic acids is 5. The molecular weight excluding hydrogens is 904 g/mol. The molecule has 4 unspecified atom stereocenters. The molecule has 1 aromatic heterocycles. The number of oxime groups is 1. The second-order valence-electron chi connectivity index (χ2n) is 15.9. The molecule has 1 saturated heterocycles. The molecule has 1 aromatic rings. The van der Waals surface area contributed by atoms with Gasteiger partial charge in [0.25, 0.3) is 0 Å². The fourth-order valence-electron chi connectivity index (χ4n) is 6.43. The first kappa shape index (κ1) is 59.7. The number of H-pyrrole nitrogens is 1. The van der Waals surface area contributed by atoms with Crippen LogP contribution in [0, 0.1) is 5.92 Å². The first-order valence-electron chi connectivity index (χ1n) is 22.7. The third-order valence-electron chi connectivity index (χ3n) is 10.1. The number of nitrogens with zero attached hydrogens (tertiary/aromatic N) is 3. The number of aliphatic hydroxyl groups is 6. The lowest BCUT2D eigenvalue weighted by Crippen LogP contribution is -2.59. The molecule has 1 fully saturated rings. The van der Waals surface area contributed by atoms with Gasteiger partial charge in [-0.1, -0.05) is 19.0 Å². The van der Waals surface area contributed by atoms with Gasteiger partial charge < -0.3 is 95.0 Å². The van der Waals surface area contributed by atoms with Crippen LogP contribution in [0.25, 0.3) is 0 Å². The number of amides is 5. The van der Waals surface area contributed by atoms with Crippen LogP contribution in [-0.2, 0) is 63.7 Å². The van der Waals surface area contributed by atoms with E-state index in [2.05, 4.69) is 36.4 Å². The van der Waals surface area contributed by atoms with Gasteiger partial charge in [-0.15, -0.1) is 0 Å². The molecule has 0 aliphatic carbocycles. The fraction of sp³-hybridized carbons (Fsp3) is 0.786. The van der Waals surface area contributed by atoms with Crippen molar-refractivity contribution >= 4 is 35.8 Å². The van der Waals surface area contributed by atoms with Crippen LogP contribution in [0.15, 0.2) is 17.7 Å². The molecule has 0 radical (unpaired) electrons. The summed E-state index contributed by atoms with van der Waals surface area (Å²) in [7, 11) is 1.61. The highest BCUT2D eigenvalue weighted by Crippen LogP contribution is 2.19. The number of carbonyl (C=O) groups is 5. The topological polar surface area (TPSA) is 364 Å². The minimum absolute atomic E-state index is 0.0311. The van der Waals surface area contributed by atoms with Gasteiger partial charge >= 0.3 is 0 Å². The Labute approximate surface area is 395 Å². The standard InChI is InChI=1S/C42H74N8O18/c1-28(2)21-30(48-42(61)33-5-4-8-50(33)36(55)6-9-63-13-14-65-17-18-67-20-19-66-16-15-64-12-11-62-3)40(59)47-31(22-29-23-43-27-45-29)41(60)49-32(25-51)39(58)44-7-10-68-46-24-34(53)37(56)38(57)35(54)26-52/h23-24,27-28,30-35,37-38,51-54,56-57H,4-22,25-26H2,1-3H3,(H,43,45)(H,44,58)(H,47,59)(H,48,61)(H,49,60)/b46-24+/t30-,31-,32-,33-,34?,35?,37?,38?/m0/s1. The molecule has 0 spiro atoms. The van der Waals surface area contributed by atoms with Gasteiger partial charge in [0.15, 0.2) is 0 Å². The zero-order chi connectivity index (χ0) is 50.1. The SMILES string of the molecule is COCCOCCOCCOCCOCCOCCC(=O)N1CCC[C@H]1C(=O)N[C@@H](CC(C)C)C(=O)N[C@@H](Cc1cnc[nH]1)C(=O)N[C@@H](CO)C(=O)NCCO/N=C/C(O)C(O)C(O)C(O)CO. The lowest BCUT2D eigenvalue weighted by atomic mass is 10.0. The number of methoxy groups -OCH3 is 1. The summed E-state index contributed by atoms with van der Waals surface area (Å²) < 4.78 is 32.2. The van der Waals surface area contributed by atoms with Crippen molar-refractivity contribution in [2.45, 2.75) is 94.5 Å². The number of imidazole rings is 1. The van der Waals surface area contributed by atoms with Gasteiger partial charge in [-0.25, -0.2) is 4.98 Å². The Hall–Kier alpha value is -4.45. The van der Waals surface area contributed by atoms with E-state index >= 15 is 0 Å². The summed E-state index contributed by atoms with van der Waals surface area (Å²) in [6.07, 6.45) is -2.68. The smallest absolute Gasteiger partial charge is 0.245 e. The zero-order valence-electron chi connectivity index (χ0n) is 39.2. The van der Waals surface area contributed by atoms with Gasteiger partial charge in [0, 0.05) is 32.0 Å². The van der Waals surface area contributed by atoms with E-state index in [1.807, 2.05) is 13.8 Å². The van der Waals surface area contributed by atoms with E-state index in [1.165, 1.54) is 17.4 Å². The third kappa shape index (κ3) is 24.2. The minimum Gasteiger partial charge on any atom is -0.394 e. The average Bonchev–Trinajstić information content (AvgIpc) is 4.04. The fourth-order valence-corrected chi connectivity index (χ4v) is 6.43. The lowest BCUT2D eigenvalue weighted by Gasteiger charge is -2.28. The van der Waals surface area contributed by atoms with Crippen LogP contribution in [0.2, 0.25) is 0 Å². The molecule has 0 aromatic carbocycles. The van der Waals surface area contributed by atoms with Crippen molar-refractivity contribution in [3.05, 3.63) is 18.2 Å². The first-order chi connectivity index (χ1) is 32.7. The Balaban J connectivity index is 1.86. The van der Waals surface area contributed by atoms with Gasteiger partial charge in [-0.05, 0) is 25.2 Å². The maximum Gasteiger partial charge on any atom is 0.245 e. The molecule has 0 saturated carbocycles. The minimum atomic E-state index is -1.89. The Morgan fingerprint density at radius 2 is 1.37 bits per heavy atom. The molecule has 1 aliphatic heterocycles. The van der Waals surface area contributed by atoms with E-state index in [9.17, 15) is 49.5 Å². The molecule has 0 bridgehead atoms. The number of hydrogen-bond donors (Lipinski definition) is 11. The zero-order valence-corrected chi connectivity index (χ0v) is 39.2. The maximum atomic E-state index is 13.9. The molecule has 2 rings (SSSR count). The van der Waals surface area contributed by atoms with Crippen LogP contribution in [0.5, 0.6) is 0 Å². The van der Waals surface area contributed by atoms with Gasteiger partial charge in [0.05, 0.1) is 111 Å². The van der Waals surface area contributed by atoms with Crippen molar-refractivity contribution in [2.24, 2.45) is 11.1 Å². The quantitative estimate of drug-likeness (QED) is 0.0167. The predicted molar refractivity (Wildman–Crippen MR) is 239 cm³/mol. The van der Waals surface area contributed by atoms with E-state index in [1.54, 1.807) is 7.11 Å². The Morgan fingerprint density at radius 3 is 1.93 bits per heavy atom. The van der Waals surface area contributed by atoms with Crippen LogP contribution in [-0.4, -0.2) is 243 Å². The van der Waals surface area contributed by atoms with Gasteiger partial charge in [-0.3, -0.25) is 24.0 Å². The molecule has 1 aliphatic rings. The molecule has 68 heavy (non-hydrogen) atoms. The molecular formula is C42H74N8O18. The summed E-state index contributed by atoms with van der Waals surface area (Å²) in [4.78, 5) is 80.5. The number of ether oxygens (including phenoxy) is 6. The van der Waals surface area contributed by atoms with Crippen LogP contribution in [0.3, 0.4) is 0 Å². The number of aromatic amines is 1. The summed E-state index contributed by atoms with van der Waals surface area (Å²) in [5, 5.41) is 71.3. The maximum absolute atomic E-state index is 13.9. The molecule has 11 N–H and O–H groups in total. The number of nitrogens with one attached hydrogen (secondary N) is 5. The van der Waals surface area contributed by atoms with Crippen molar-refractivity contribution in [3.63, 3.8) is 0 Å². The number of rotatable bonds is 39. The van der Waals surface area contributed by atoms with Crippen molar-refractivity contribution in [1.29, 1.82) is 0 Å². The second-order valence-corrected chi connectivity index (χ2v) is 15.9. The van der Waals surface area contributed by atoms with Crippen molar-refractivity contribution in [2.75, 3.05) is 113 Å². The Morgan fingerprint density at radius 1 is 0.779 bits per heavy atom. The first-order valence-corrected chi connectivity index (χ1v) is 22.7. The number of likely N-dealkylation sites (tertiary alicyclic amines) is 1. The summed E-state index contributed by atoms with van der Waals surface area (Å²) >= 11 is 0. The molecule has 8 atom stereocenters. The molecule has 26 heteroatoms. The monoisotopic (exact) mass is 979 g/mol. The Kier molecular flexibility index (Phi) is 31.3. The molecule has 2 heterocycles. The average molecular weight is 979 g/mol. The van der Waals surface area contributed by atoms with Gasteiger partial charge in [0.1, 0.15) is 55.2 Å². The second kappa shape index (κ2) is 35.6. The van der Waals surface area contributed by atoms with E-state index in [4.69, 9.17) is 38.4 Å².